The molecule has 0 aliphatic carbocycles. The number of aryl methyl sites for hydroxylation is 1. The second kappa shape index (κ2) is 6.42. The van der Waals surface area contributed by atoms with E-state index in [2.05, 4.69) is 18.8 Å². The lowest BCUT2D eigenvalue weighted by atomic mass is 9.97. The van der Waals surface area contributed by atoms with Crippen LogP contribution in [0.5, 0.6) is 0 Å². The molecule has 0 fully saturated rings. The number of nitrogens with zero attached hydrogens (tertiary/aromatic N) is 1. The van der Waals surface area contributed by atoms with Crippen LogP contribution in [0.3, 0.4) is 0 Å². The minimum atomic E-state index is 0.279. The first kappa shape index (κ1) is 15.1. The number of nitrogens with one attached hydrogen (secondary N) is 1. The number of hydrogen-bond donors (Lipinski definition) is 2. The second-order valence-corrected chi connectivity index (χ2v) is 6.10. The molecule has 1 aromatic heterocycles. The van der Waals surface area contributed by atoms with Crippen molar-refractivity contribution in [2.45, 2.75) is 33.1 Å². The fraction of sp³-hybridized carbons (Fsp3) is 0.438. The van der Waals surface area contributed by atoms with Crippen LogP contribution in [0.2, 0.25) is 5.02 Å². The van der Waals surface area contributed by atoms with Gasteiger partial charge in [0.2, 0.25) is 0 Å². The van der Waals surface area contributed by atoms with Gasteiger partial charge in [0.1, 0.15) is 5.82 Å². The van der Waals surface area contributed by atoms with Gasteiger partial charge in [-0.25, -0.2) is 4.98 Å². The Bertz CT molecular complexity index is 575. The normalized spacial score (nSPS) is 12.9. The standard InChI is InChI=1S/C16H22ClN3/c1-10(2)7-13(9-18)16-19-11(3)15(20-16)12-5-4-6-14(17)8-12/h4-6,8,10,13H,7,9,18H2,1-3H3,(H,19,20). The molecule has 0 saturated carbocycles. The molecule has 0 aliphatic rings. The molecule has 1 unspecified atom stereocenters. The second-order valence-electron chi connectivity index (χ2n) is 5.67. The molecule has 3 N–H and O–H groups in total. The van der Waals surface area contributed by atoms with Gasteiger partial charge >= 0.3 is 0 Å². The maximum atomic E-state index is 6.05. The lowest BCUT2D eigenvalue weighted by Gasteiger charge is -2.14. The van der Waals surface area contributed by atoms with E-state index in [1.807, 2.05) is 31.2 Å². The van der Waals surface area contributed by atoms with Crippen LogP contribution in [0.1, 0.15) is 37.7 Å². The summed E-state index contributed by atoms with van der Waals surface area (Å²) in [6, 6.07) is 7.78. The zero-order valence-electron chi connectivity index (χ0n) is 12.3. The smallest absolute Gasteiger partial charge is 0.111 e. The zero-order chi connectivity index (χ0) is 14.7. The quantitative estimate of drug-likeness (QED) is 0.870. The molecule has 3 nitrogen and oxygen atoms in total. The number of rotatable bonds is 5. The molecule has 1 atom stereocenters. The van der Waals surface area contributed by atoms with Gasteiger partial charge in [0, 0.05) is 28.7 Å². The zero-order valence-corrected chi connectivity index (χ0v) is 13.0. The predicted octanol–water partition coefficient (Wildman–Crippen LogP) is 4.13. The lowest BCUT2D eigenvalue weighted by Crippen LogP contribution is -2.16. The summed E-state index contributed by atoms with van der Waals surface area (Å²) in [4.78, 5) is 8.14. The van der Waals surface area contributed by atoms with Crippen molar-refractivity contribution in [1.82, 2.24) is 9.97 Å². The lowest BCUT2D eigenvalue weighted by molar-refractivity contribution is 0.490. The van der Waals surface area contributed by atoms with E-state index in [-0.39, 0.29) is 5.92 Å². The third-order valence-corrected chi connectivity index (χ3v) is 3.66. The Kier molecular flexibility index (Phi) is 4.84. The summed E-state index contributed by atoms with van der Waals surface area (Å²) < 4.78 is 0. The van der Waals surface area contributed by atoms with Gasteiger partial charge in [-0.2, -0.15) is 0 Å². The Morgan fingerprint density at radius 2 is 2.10 bits per heavy atom. The maximum absolute atomic E-state index is 6.05. The van der Waals surface area contributed by atoms with E-state index < -0.39 is 0 Å². The van der Waals surface area contributed by atoms with E-state index in [1.54, 1.807) is 0 Å². The molecular formula is C16H22ClN3. The molecule has 4 heteroatoms. The average molecular weight is 292 g/mol. The number of aromatic amines is 1. The monoisotopic (exact) mass is 291 g/mol. The summed E-state index contributed by atoms with van der Waals surface area (Å²) in [5.41, 5.74) is 8.96. The van der Waals surface area contributed by atoms with E-state index in [9.17, 15) is 0 Å². The molecule has 0 saturated heterocycles. The van der Waals surface area contributed by atoms with Crippen molar-refractivity contribution in [2.75, 3.05) is 6.54 Å². The predicted molar refractivity (Wildman–Crippen MR) is 85.0 cm³/mol. The van der Waals surface area contributed by atoms with Gasteiger partial charge in [-0.05, 0) is 31.4 Å². The molecule has 2 rings (SSSR count). The highest BCUT2D eigenvalue weighted by Crippen LogP contribution is 2.28. The summed E-state index contributed by atoms with van der Waals surface area (Å²) in [7, 11) is 0. The average Bonchev–Trinajstić information content (AvgIpc) is 2.77. The Labute approximate surface area is 125 Å². The minimum Gasteiger partial charge on any atom is -0.345 e. The van der Waals surface area contributed by atoms with Crippen molar-refractivity contribution in [3.8, 4) is 11.3 Å². The van der Waals surface area contributed by atoms with Gasteiger partial charge in [-0.3, -0.25) is 0 Å². The molecule has 2 aromatic rings. The molecule has 0 spiro atoms. The Balaban J connectivity index is 2.33. The van der Waals surface area contributed by atoms with Crippen molar-refractivity contribution < 1.29 is 0 Å². The molecule has 0 radical (unpaired) electrons. The number of aromatic nitrogens is 2. The van der Waals surface area contributed by atoms with Crippen LogP contribution in [0.25, 0.3) is 11.3 Å². The van der Waals surface area contributed by atoms with Crippen LogP contribution in [-0.4, -0.2) is 16.5 Å². The van der Waals surface area contributed by atoms with E-state index in [1.165, 1.54) is 0 Å². The number of benzene rings is 1. The van der Waals surface area contributed by atoms with Gasteiger partial charge < -0.3 is 10.7 Å². The fourth-order valence-electron chi connectivity index (χ4n) is 2.48. The first-order valence-corrected chi connectivity index (χ1v) is 7.41. The fourth-order valence-corrected chi connectivity index (χ4v) is 2.67. The summed E-state index contributed by atoms with van der Waals surface area (Å²) in [5, 5.41) is 0.726. The van der Waals surface area contributed by atoms with Crippen LogP contribution < -0.4 is 5.73 Å². The molecule has 108 valence electrons. The van der Waals surface area contributed by atoms with Gasteiger partial charge in [-0.15, -0.1) is 0 Å². The molecule has 0 aliphatic heterocycles. The largest absolute Gasteiger partial charge is 0.345 e. The maximum Gasteiger partial charge on any atom is 0.111 e. The van der Waals surface area contributed by atoms with E-state index in [0.29, 0.717) is 12.5 Å². The van der Waals surface area contributed by atoms with Crippen molar-refractivity contribution >= 4 is 11.6 Å². The first-order valence-electron chi connectivity index (χ1n) is 7.03. The molecule has 1 heterocycles. The van der Waals surface area contributed by atoms with Crippen LogP contribution >= 0.6 is 11.6 Å². The number of hydrogen-bond acceptors (Lipinski definition) is 2. The number of imidazole rings is 1. The molecule has 20 heavy (non-hydrogen) atoms. The summed E-state index contributed by atoms with van der Waals surface area (Å²) >= 11 is 6.05. The van der Waals surface area contributed by atoms with Gasteiger partial charge in [0.25, 0.3) is 0 Å². The Morgan fingerprint density at radius 3 is 2.70 bits per heavy atom. The van der Waals surface area contributed by atoms with Crippen molar-refractivity contribution in [1.29, 1.82) is 0 Å². The van der Waals surface area contributed by atoms with Gasteiger partial charge in [0.15, 0.2) is 0 Å². The topological polar surface area (TPSA) is 54.7 Å². The Morgan fingerprint density at radius 1 is 1.35 bits per heavy atom. The summed E-state index contributed by atoms with van der Waals surface area (Å²) in [5.74, 6) is 1.86. The third-order valence-electron chi connectivity index (χ3n) is 3.43. The highest BCUT2D eigenvalue weighted by molar-refractivity contribution is 6.30. The summed E-state index contributed by atoms with van der Waals surface area (Å²) in [6.07, 6.45) is 1.04. The molecule has 1 aromatic carbocycles. The van der Waals surface area contributed by atoms with E-state index in [4.69, 9.17) is 22.3 Å². The van der Waals surface area contributed by atoms with Crippen LogP contribution in [0, 0.1) is 12.8 Å². The van der Waals surface area contributed by atoms with Gasteiger partial charge in [-0.1, -0.05) is 37.6 Å². The van der Waals surface area contributed by atoms with E-state index >= 15 is 0 Å². The van der Waals surface area contributed by atoms with Gasteiger partial charge in [0.05, 0.1) is 5.69 Å². The SMILES string of the molecule is Cc1[nH]c(C(CN)CC(C)C)nc1-c1cccc(Cl)c1. The van der Waals surface area contributed by atoms with Crippen molar-refractivity contribution in [3.05, 3.63) is 40.8 Å². The van der Waals surface area contributed by atoms with Crippen LogP contribution in [-0.2, 0) is 0 Å². The number of nitrogens with two attached hydrogens (primary N) is 1. The molecule has 0 amide bonds. The van der Waals surface area contributed by atoms with Crippen LogP contribution in [0.4, 0.5) is 0 Å². The van der Waals surface area contributed by atoms with Crippen molar-refractivity contribution in [3.63, 3.8) is 0 Å². The Hall–Kier alpha value is -1.32. The number of H-pyrrole nitrogens is 1. The first-order chi connectivity index (χ1) is 9.51. The highest BCUT2D eigenvalue weighted by Gasteiger charge is 2.18. The third kappa shape index (κ3) is 3.41. The van der Waals surface area contributed by atoms with Crippen molar-refractivity contribution in [2.24, 2.45) is 11.7 Å². The molecular weight excluding hydrogens is 270 g/mol. The van der Waals surface area contributed by atoms with Crippen LogP contribution in [0.15, 0.2) is 24.3 Å². The highest BCUT2D eigenvalue weighted by atomic mass is 35.5. The molecule has 0 bridgehead atoms. The minimum absolute atomic E-state index is 0.279. The van der Waals surface area contributed by atoms with E-state index in [0.717, 1.165) is 34.2 Å². The summed E-state index contributed by atoms with van der Waals surface area (Å²) in [6.45, 7) is 7.06. The number of halogens is 1.